The van der Waals surface area contributed by atoms with E-state index in [-0.39, 0.29) is 0 Å². The summed E-state index contributed by atoms with van der Waals surface area (Å²) in [5.74, 6) is 0. The fourth-order valence-corrected chi connectivity index (χ4v) is 2.66. The molecule has 88 valence electrons. The zero-order valence-electron chi connectivity index (χ0n) is 9.86. The number of hydrogen-bond acceptors (Lipinski definition) is 4. The third-order valence-corrected chi connectivity index (χ3v) is 4.38. The normalized spacial score (nSPS) is 10.6. The Morgan fingerprint density at radius 1 is 1.12 bits per heavy atom. The number of rotatable bonds is 2. The molecule has 0 spiro atoms. The highest BCUT2D eigenvalue weighted by molar-refractivity contribution is 9.10. The zero-order valence-corrected chi connectivity index (χ0v) is 12.3. The number of halogens is 1. The molecule has 3 nitrogen and oxygen atoms in total. The molecule has 0 saturated carbocycles. The molecule has 0 unspecified atom stereocenters. The van der Waals surface area contributed by atoms with Crippen LogP contribution in [0.2, 0.25) is 0 Å². The van der Waals surface area contributed by atoms with Crippen molar-refractivity contribution in [2.75, 3.05) is 0 Å². The second-order valence-electron chi connectivity index (χ2n) is 3.71. The third-order valence-electron chi connectivity index (χ3n) is 2.55. The van der Waals surface area contributed by atoms with E-state index < -0.39 is 0 Å². The minimum Gasteiger partial charge on any atom is -0.263 e. The van der Waals surface area contributed by atoms with Crippen molar-refractivity contribution in [3.63, 3.8) is 0 Å². The van der Waals surface area contributed by atoms with Crippen LogP contribution in [0.1, 0.15) is 17.0 Å². The van der Waals surface area contributed by atoms with E-state index in [0.29, 0.717) is 0 Å². The first kappa shape index (κ1) is 12.5. The average Bonchev–Trinajstić information content (AvgIpc) is 2.29. The topological polar surface area (TPSA) is 38.7 Å². The molecule has 0 radical (unpaired) electrons. The molecule has 0 aliphatic carbocycles. The molecule has 0 aromatic carbocycles. The standard InChI is InChI=1S/C12H12BrN3S/c1-7-8(2)15-12(16-9(7)3)17-11-4-5-14-6-10(11)13/h4-6H,1-3H3. The van der Waals surface area contributed by atoms with Gasteiger partial charge in [0, 0.05) is 33.1 Å². The van der Waals surface area contributed by atoms with Gasteiger partial charge in [-0.25, -0.2) is 9.97 Å². The monoisotopic (exact) mass is 309 g/mol. The highest BCUT2D eigenvalue weighted by Gasteiger charge is 2.08. The predicted molar refractivity (Wildman–Crippen MR) is 72.3 cm³/mol. The Kier molecular flexibility index (Phi) is 3.79. The Hall–Kier alpha value is -0.940. The number of nitrogens with zero attached hydrogens (tertiary/aromatic N) is 3. The molecular weight excluding hydrogens is 298 g/mol. The smallest absolute Gasteiger partial charge is 0.192 e. The summed E-state index contributed by atoms with van der Waals surface area (Å²) >= 11 is 5.01. The van der Waals surface area contributed by atoms with Gasteiger partial charge in [-0.1, -0.05) is 0 Å². The van der Waals surface area contributed by atoms with Gasteiger partial charge < -0.3 is 0 Å². The Bertz CT molecular complexity index is 534. The van der Waals surface area contributed by atoms with Crippen LogP contribution in [0.25, 0.3) is 0 Å². The average molecular weight is 310 g/mol. The molecule has 0 amide bonds. The number of aromatic nitrogens is 3. The summed E-state index contributed by atoms with van der Waals surface area (Å²) < 4.78 is 0.962. The van der Waals surface area contributed by atoms with Crippen LogP contribution in [-0.2, 0) is 0 Å². The first-order valence-corrected chi connectivity index (χ1v) is 6.78. The largest absolute Gasteiger partial charge is 0.263 e. The molecule has 0 atom stereocenters. The fourth-order valence-electron chi connectivity index (χ4n) is 1.33. The SMILES string of the molecule is Cc1nc(Sc2ccncc2Br)nc(C)c1C. The Morgan fingerprint density at radius 3 is 2.35 bits per heavy atom. The van der Waals surface area contributed by atoms with Crippen LogP contribution in [0.4, 0.5) is 0 Å². The molecule has 5 heteroatoms. The molecule has 2 rings (SSSR count). The maximum Gasteiger partial charge on any atom is 0.192 e. The van der Waals surface area contributed by atoms with Crippen LogP contribution in [0.3, 0.4) is 0 Å². The maximum absolute atomic E-state index is 4.48. The van der Waals surface area contributed by atoms with Crippen molar-refractivity contribution >= 4 is 27.7 Å². The van der Waals surface area contributed by atoms with Crippen LogP contribution in [0.5, 0.6) is 0 Å². The Morgan fingerprint density at radius 2 is 1.76 bits per heavy atom. The Labute approximate surface area is 113 Å². The lowest BCUT2D eigenvalue weighted by atomic mass is 10.2. The predicted octanol–water partition coefficient (Wildman–Crippen LogP) is 3.71. The van der Waals surface area contributed by atoms with E-state index in [9.17, 15) is 0 Å². The first-order valence-electron chi connectivity index (χ1n) is 5.17. The first-order chi connectivity index (χ1) is 8.08. The fraction of sp³-hybridized carbons (Fsp3) is 0.250. The lowest BCUT2D eigenvalue weighted by Gasteiger charge is -2.07. The summed E-state index contributed by atoms with van der Waals surface area (Å²) in [5, 5.41) is 0.775. The summed E-state index contributed by atoms with van der Waals surface area (Å²) in [6.45, 7) is 6.06. The van der Waals surface area contributed by atoms with Gasteiger partial charge in [-0.15, -0.1) is 0 Å². The zero-order chi connectivity index (χ0) is 12.4. The van der Waals surface area contributed by atoms with Crippen molar-refractivity contribution in [3.8, 4) is 0 Å². The lowest BCUT2D eigenvalue weighted by molar-refractivity contribution is 0.880. The van der Waals surface area contributed by atoms with Crippen molar-refractivity contribution in [3.05, 3.63) is 39.9 Å². The van der Waals surface area contributed by atoms with Gasteiger partial charge in [0.15, 0.2) is 5.16 Å². The van der Waals surface area contributed by atoms with Gasteiger partial charge in [-0.2, -0.15) is 0 Å². The molecule has 17 heavy (non-hydrogen) atoms. The molecule has 0 bridgehead atoms. The number of pyridine rings is 1. The lowest BCUT2D eigenvalue weighted by Crippen LogP contribution is -1.97. The van der Waals surface area contributed by atoms with Crippen LogP contribution >= 0.6 is 27.7 Å². The minimum atomic E-state index is 0.775. The van der Waals surface area contributed by atoms with Crippen molar-refractivity contribution in [2.45, 2.75) is 30.8 Å². The van der Waals surface area contributed by atoms with Gasteiger partial charge in [0.1, 0.15) is 0 Å². The van der Waals surface area contributed by atoms with Crippen molar-refractivity contribution < 1.29 is 0 Å². The van der Waals surface area contributed by atoms with Gasteiger partial charge in [0.25, 0.3) is 0 Å². The number of hydrogen-bond donors (Lipinski definition) is 0. The van der Waals surface area contributed by atoms with Crippen LogP contribution in [0.15, 0.2) is 33.0 Å². The van der Waals surface area contributed by atoms with E-state index in [4.69, 9.17) is 0 Å². The summed E-state index contributed by atoms with van der Waals surface area (Å²) in [7, 11) is 0. The molecule has 0 aliphatic heterocycles. The van der Waals surface area contributed by atoms with Crippen molar-refractivity contribution in [1.82, 2.24) is 15.0 Å². The summed E-state index contributed by atoms with van der Waals surface area (Å²) in [4.78, 5) is 14.1. The van der Waals surface area contributed by atoms with E-state index in [1.807, 2.05) is 26.8 Å². The molecule has 2 heterocycles. The maximum atomic E-state index is 4.48. The molecular formula is C12H12BrN3S. The highest BCUT2D eigenvalue weighted by Crippen LogP contribution is 2.31. The van der Waals surface area contributed by atoms with E-state index >= 15 is 0 Å². The van der Waals surface area contributed by atoms with Gasteiger partial charge in [0.05, 0.1) is 0 Å². The molecule has 0 fully saturated rings. The molecule has 2 aromatic heterocycles. The number of aryl methyl sites for hydroxylation is 2. The molecule has 2 aromatic rings. The second-order valence-corrected chi connectivity index (χ2v) is 5.57. The van der Waals surface area contributed by atoms with Gasteiger partial charge in [-0.3, -0.25) is 4.98 Å². The summed E-state index contributed by atoms with van der Waals surface area (Å²) in [6, 6.07) is 1.95. The van der Waals surface area contributed by atoms with E-state index in [2.05, 4.69) is 30.9 Å². The van der Waals surface area contributed by atoms with Crippen LogP contribution in [0, 0.1) is 20.8 Å². The van der Waals surface area contributed by atoms with Gasteiger partial charge >= 0.3 is 0 Å². The van der Waals surface area contributed by atoms with E-state index in [0.717, 1.165) is 31.5 Å². The van der Waals surface area contributed by atoms with E-state index in [1.165, 1.54) is 0 Å². The van der Waals surface area contributed by atoms with Gasteiger partial charge in [0.2, 0.25) is 0 Å². The van der Waals surface area contributed by atoms with Crippen molar-refractivity contribution in [1.29, 1.82) is 0 Å². The minimum absolute atomic E-state index is 0.775. The third kappa shape index (κ3) is 2.84. The quantitative estimate of drug-likeness (QED) is 0.793. The molecule has 0 saturated heterocycles. The Balaban J connectivity index is 2.34. The van der Waals surface area contributed by atoms with E-state index in [1.54, 1.807) is 24.2 Å². The van der Waals surface area contributed by atoms with Crippen LogP contribution in [-0.4, -0.2) is 15.0 Å². The molecule has 0 N–H and O–H groups in total. The summed E-state index contributed by atoms with van der Waals surface area (Å²) in [6.07, 6.45) is 3.54. The highest BCUT2D eigenvalue weighted by atomic mass is 79.9. The van der Waals surface area contributed by atoms with Crippen molar-refractivity contribution in [2.24, 2.45) is 0 Å². The van der Waals surface area contributed by atoms with Gasteiger partial charge in [-0.05, 0) is 60.1 Å². The second kappa shape index (κ2) is 5.14. The summed E-state index contributed by atoms with van der Waals surface area (Å²) in [5.41, 5.74) is 3.22. The molecule has 0 aliphatic rings. The van der Waals surface area contributed by atoms with Crippen LogP contribution < -0.4 is 0 Å².